The molecule has 0 fully saturated rings. The summed E-state index contributed by atoms with van der Waals surface area (Å²) in [5.74, 6) is -0.451. The van der Waals surface area contributed by atoms with E-state index >= 15 is 0 Å². The highest BCUT2D eigenvalue weighted by Gasteiger charge is 2.12. The lowest BCUT2D eigenvalue weighted by molar-refractivity contribution is 0.0697. The van der Waals surface area contributed by atoms with Gasteiger partial charge in [0.1, 0.15) is 5.82 Å². The number of nitrogens with one attached hydrogen (secondary N) is 1. The maximum atomic E-state index is 10.9. The first-order chi connectivity index (χ1) is 7.56. The van der Waals surface area contributed by atoms with Crippen molar-refractivity contribution in [1.29, 1.82) is 0 Å². The van der Waals surface area contributed by atoms with E-state index in [0.29, 0.717) is 5.82 Å². The van der Waals surface area contributed by atoms with Gasteiger partial charge < -0.3 is 15.3 Å². The molecule has 0 aromatic carbocycles. The molecular formula is C10H14ClN3O2. The van der Waals surface area contributed by atoms with Crippen molar-refractivity contribution in [3.63, 3.8) is 0 Å². The topological polar surface area (TPSA) is 65.5 Å². The highest BCUT2D eigenvalue weighted by Crippen LogP contribution is 2.19. The van der Waals surface area contributed by atoms with E-state index in [0.717, 1.165) is 13.1 Å². The summed E-state index contributed by atoms with van der Waals surface area (Å²) >= 11 is 5.73. The molecule has 1 aromatic rings. The number of likely N-dealkylation sites (N-methyl/N-ethyl adjacent to an activating group) is 2. The Labute approximate surface area is 99.0 Å². The zero-order valence-electron chi connectivity index (χ0n) is 9.20. The zero-order valence-corrected chi connectivity index (χ0v) is 9.95. The normalized spacial score (nSPS) is 10.2. The van der Waals surface area contributed by atoms with Gasteiger partial charge in [-0.05, 0) is 13.1 Å². The van der Waals surface area contributed by atoms with Crippen LogP contribution >= 0.6 is 11.6 Å². The van der Waals surface area contributed by atoms with Crippen molar-refractivity contribution in [2.45, 2.75) is 0 Å². The van der Waals surface area contributed by atoms with Gasteiger partial charge in [-0.25, -0.2) is 9.78 Å². The Morgan fingerprint density at radius 3 is 2.94 bits per heavy atom. The van der Waals surface area contributed by atoms with E-state index in [1.165, 1.54) is 12.3 Å². The third-order valence-electron chi connectivity index (χ3n) is 2.16. The Balaban J connectivity index is 2.89. The standard InChI is InChI=1S/C10H14ClN3O2/c1-12-3-4-14(2)9-5-7(10(15)16)8(11)6-13-9/h5-6,12H,3-4H2,1-2H3,(H,15,16). The number of hydrogen-bond donors (Lipinski definition) is 2. The summed E-state index contributed by atoms with van der Waals surface area (Å²) in [5.41, 5.74) is 0.0722. The number of carboxylic acid groups (broad SMARTS) is 1. The van der Waals surface area contributed by atoms with Crippen molar-refractivity contribution in [2.24, 2.45) is 0 Å². The van der Waals surface area contributed by atoms with E-state index in [4.69, 9.17) is 16.7 Å². The lowest BCUT2D eigenvalue weighted by Crippen LogP contribution is -2.27. The minimum Gasteiger partial charge on any atom is -0.478 e. The number of carboxylic acids is 1. The van der Waals surface area contributed by atoms with Crippen molar-refractivity contribution in [2.75, 3.05) is 32.1 Å². The van der Waals surface area contributed by atoms with Crippen molar-refractivity contribution < 1.29 is 9.90 Å². The SMILES string of the molecule is CNCCN(C)c1cc(C(=O)O)c(Cl)cn1. The van der Waals surface area contributed by atoms with E-state index in [2.05, 4.69) is 10.3 Å². The molecule has 0 saturated carbocycles. The van der Waals surface area contributed by atoms with Crippen LogP contribution < -0.4 is 10.2 Å². The van der Waals surface area contributed by atoms with E-state index in [1.54, 1.807) is 0 Å². The molecule has 0 aliphatic carbocycles. The summed E-state index contributed by atoms with van der Waals surface area (Å²) < 4.78 is 0. The van der Waals surface area contributed by atoms with Crippen LogP contribution in [-0.2, 0) is 0 Å². The van der Waals surface area contributed by atoms with Gasteiger partial charge in [0, 0.05) is 26.3 Å². The largest absolute Gasteiger partial charge is 0.478 e. The number of rotatable bonds is 5. The maximum absolute atomic E-state index is 10.9. The number of hydrogen-bond acceptors (Lipinski definition) is 4. The van der Waals surface area contributed by atoms with Gasteiger partial charge in [-0.3, -0.25) is 0 Å². The predicted octanol–water partition coefficient (Wildman–Crippen LogP) is 1.09. The fourth-order valence-corrected chi connectivity index (χ4v) is 1.38. The summed E-state index contributed by atoms with van der Waals surface area (Å²) in [6.07, 6.45) is 1.36. The van der Waals surface area contributed by atoms with Gasteiger partial charge in [0.05, 0.1) is 10.6 Å². The number of anilines is 1. The number of carbonyl (C=O) groups is 1. The van der Waals surface area contributed by atoms with Gasteiger partial charge in [0.25, 0.3) is 0 Å². The molecule has 0 saturated heterocycles. The van der Waals surface area contributed by atoms with Crippen LogP contribution in [0.2, 0.25) is 5.02 Å². The molecule has 0 bridgehead atoms. The third kappa shape index (κ3) is 3.08. The molecule has 1 rings (SSSR count). The summed E-state index contributed by atoms with van der Waals surface area (Å²) in [7, 11) is 3.70. The number of aromatic nitrogens is 1. The van der Waals surface area contributed by atoms with Gasteiger partial charge >= 0.3 is 5.97 Å². The Morgan fingerprint density at radius 2 is 2.38 bits per heavy atom. The van der Waals surface area contributed by atoms with Crippen molar-refractivity contribution in [3.8, 4) is 0 Å². The summed E-state index contributed by atoms with van der Waals surface area (Å²) in [6.45, 7) is 1.54. The second-order valence-electron chi connectivity index (χ2n) is 3.35. The quantitative estimate of drug-likeness (QED) is 0.811. The molecular weight excluding hydrogens is 230 g/mol. The average molecular weight is 244 g/mol. The molecule has 0 atom stereocenters. The molecule has 1 aromatic heterocycles. The van der Waals surface area contributed by atoms with E-state index in [-0.39, 0.29) is 10.6 Å². The first-order valence-electron chi connectivity index (χ1n) is 4.81. The third-order valence-corrected chi connectivity index (χ3v) is 2.46. The number of aromatic carboxylic acids is 1. The molecule has 1 heterocycles. The van der Waals surface area contributed by atoms with Gasteiger partial charge in [-0.1, -0.05) is 11.6 Å². The van der Waals surface area contributed by atoms with Crippen LogP contribution in [0.15, 0.2) is 12.3 Å². The van der Waals surface area contributed by atoms with Crippen molar-refractivity contribution in [3.05, 3.63) is 22.8 Å². The minimum atomic E-state index is -1.05. The number of nitrogens with zero attached hydrogens (tertiary/aromatic N) is 2. The van der Waals surface area contributed by atoms with Crippen LogP contribution in [0.25, 0.3) is 0 Å². The first-order valence-corrected chi connectivity index (χ1v) is 5.18. The highest BCUT2D eigenvalue weighted by atomic mass is 35.5. The maximum Gasteiger partial charge on any atom is 0.337 e. The van der Waals surface area contributed by atoms with E-state index in [1.807, 2.05) is 19.0 Å². The molecule has 5 nitrogen and oxygen atoms in total. The lowest BCUT2D eigenvalue weighted by Gasteiger charge is -2.18. The minimum absolute atomic E-state index is 0.0722. The fraction of sp³-hybridized carbons (Fsp3) is 0.400. The summed E-state index contributed by atoms with van der Waals surface area (Å²) in [5, 5.41) is 12.1. The van der Waals surface area contributed by atoms with Gasteiger partial charge in [-0.2, -0.15) is 0 Å². The molecule has 88 valence electrons. The second kappa shape index (κ2) is 5.67. The lowest BCUT2D eigenvalue weighted by atomic mass is 10.2. The molecule has 0 amide bonds. The van der Waals surface area contributed by atoms with Gasteiger partial charge in [0.15, 0.2) is 0 Å². The molecule has 6 heteroatoms. The fourth-order valence-electron chi connectivity index (χ4n) is 1.19. The smallest absolute Gasteiger partial charge is 0.337 e. The van der Waals surface area contributed by atoms with Crippen LogP contribution in [-0.4, -0.2) is 43.2 Å². The Morgan fingerprint density at radius 1 is 1.69 bits per heavy atom. The number of halogens is 1. The van der Waals surface area contributed by atoms with Gasteiger partial charge in [0.2, 0.25) is 0 Å². The monoisotopic (exact) mass is 243 g/mol. The summed E-state index contributed by atoms with van der Waals surface area (Å²) in [4.78, 5) is 16.8. The Hall–Kier alpha value is -1.33. The Kier molecular flexibility index (Phi) is 4.52. The van der Waals surface area contributed by atoms with Crippen LogP contribution in [0.1, 0.15) is 10.4 Å². The van der Waals surface area contributed by atoms with Crippen LogP contribution in [0.4, 0.5) is 5.82 Å². The predicted molar refractivity (Wildman–Crippen MR) is 63.4 cm³/mol. The van der Waals surface area contributed by atoms with Crippen LogP contribution in [0, 0.1) is 0 Å². The Bertz CT molecular complexity index is 384. The molecule has 16 heavy (non-hydrogen) atoms. The van der Waals surface area contributed by atoms with E-state index in [9.17, 15) is 4.79 Å². The molecule has 0 unspecified atom stereocenters. The highest BCUT2D eigenvalue weighted by molar-refractivity contribution is 6.33. The molecule has 0 radical (unpaired) electrons. The van der Waals surface area contributed by atoms with Crippen molar-refractivity contribution >= 4 is 23.4 Å². The van der Waals surface area contributed by atoms with Gasteiger partial charge in [-0.15, -0.1) is 0 Å². The van der Waals surface area contributed by atoms with Crippen LogP contribution in [0.3, 0.4) is 0 Å². The molecule has 0 aliphatic heterocycles. The molecule has 0 spiro atoms. The van der Waals surface area contributed by atoms with E-state index < -0.39 is 5.97 Å². The number of pyridine rings is 1. The molecule has 0 aliphatic rings. The van der Waals surface area contributed by atoms with Crippen molar-refractivity contribution in [1.82, 2.24) is 10.3 Å². The average Bonchev–Trinajstić information content (AvgIpc) is 2.26. The molecule has 2 N–H and O–H groups in total. The summed E-state index contributed by atoms with van der Waals surface area (Å²) in [6, 6.07) is 1.47. The first kappa shape index (κ1) is 12.7. The zero-order chi connectivity index (χ0) is 12.1. The second-order valence-corrected chi connectivity index (χ2v) is 3.76. The van der Waals surface area contributed by atoms with Crippen LogP contribution in [0.5, 0.6) is 0 Å².